The Morgan fingerprint density at radius 2 is 1.36 bits per heavy atom. The van der Waals surface area contributed by atoms with Gasteiger partial charge in [-0.3, -0.25) is 0 Å². The molecule has 0 unspecified atom stereocenters. The molecule has 0 N–H and O–H groups in total. The van der Waals surface area contributed by atoms with Crippen LogP contribution in [-0.4, -0.2) is 18.4 Å². The van der Waals surface area contributed by atoms with Crippen LogP contribution in [0.2, 0.25) is 0 Å². The van der Waals surface area contributed by atoms with Gasteiger partial charge < -0.3 is 9.47 Å². The molecule has 0 aromatic carbocycles. The quantitative estimate of drug-likeness (QED) is 0.640. The van der Waals surface area contributed by atoms with Crippen molar-refractivity contribution in [3.8, 4) is 0 Å². The highest BCUT2D eigenvalue weighted by Gasteiger charge is 2.71. The molecule has 0 radical (unpaired) electrons. The Morgan fingerprint density at radius 1 is 1.00 bits per heavy atom. The fraction of sp³-hybridized carbons (Fsp3) is 0.600. The van der Waals surface area contributed by atoms with E-state index in [0.29, 0.717) is 0 Å². The fourth-order valence-corrected chi connectivity index (χ4v) is 0.696. The predicted octanol–water partition coefficient (Wildman–Crippen LogP) is 2.62. The second kappa shape index (κ2) is 2.92. The predicted molar refractivity (Wildman–Crippen MR) is 26.2 cm³/mol. The molecule has 0 saturated heterocycles. The van der Waals surface area contributed by atoms with Gasteiger partial charge in [0, 0.05) is 0 Å². The van der Waals surface area contributed by atoms with Gasteiger partial charge in [-0.15, -0.1) is 0 Å². The molecule has 0 aromatic heterocycles. The number of halogens is 7. The van der Waals surface area contributed by atoms with Crippen molar-refractivity contribution in [3.05, 3.63) is 12.0 Å². The van der Waals surface area contributed by atoms with E-state index in [4.69, 9.17) is 0 Å². The maximum absolute atomic E-state index is 12.0. The average Bonchev–Trinajstić information content (AvgIpc) is 2.28. The van der Waals surface area contributed by atoms with Crippen LogP contribution in [0.3, 0.4) is 0 Å². The Labute approximate surface area is 71.9 Å². The van der Waals surface area contributed by atoms with Gasteiger partial charge in [0.25, 0.3) is 0 Å². The smallest absolute Gasteiger partial charge is 0.410 e. The van der Waals surface area contributed by atoms with E-state index < -0.39 is 30.4 Å². The number of ether oxygens (including phenoxy) is 2. The zero-order valence-electron chi connectivity index (χ0n) is 6.04. The molecule has 0 spiro atoms. The Morgan fingerprint density at radius 3 is 1.50 bits per heavy atom. The fourth-order valence-electron chi connectivity index (χ4n) is 0.696. The minimum Gasteiger partial charge on any atom is -0.410 e. The number of rotatable bonds is 1. The van der Waals surface area contributed by atoms with Gasteiger partial charge in [-0.05, 0) is 0 Å². The molecule has 14 heavy (non-hydrogen) atoms. The summed E-state index contributed by atoms with van der Waals surface area (Å²) in [5.74, 6) is -4.58. The zero-order valence-corrected chi connectivity index (χ0v) is 6.04. The molecule has 1 heterocycles. The van der Waals surface area contributed by atoms with E-state index in [1.807, 2.05) is 0 Å². The molecule has 82 valence electrons. The van der Waals surface area contributed by atoms with Crippen molar-refractivity contribution in [2.24, 2.45) is 0 Å². The first-order chi connectivity index (χ1) is 6.21. The van der Waals surface area contributed by atoms with Crippen molar-refractivity contribution in [3.63, 3.8) is 0 Å². The van der Waals surface area contributed by atoms with Gasteiger partial charge >= 0.3 is 30.4 Å². The molecule has 0 aliphatic carbocycles. The highest BCUT2D eigenvalue weighted by Crippen LogP contribution is 2.47. The molecular weight excluding hydrogens is 225 g/mol. The second-order valence-corrected chi connectivity index (χ2v) is 2.22. The standard InChI is InChI=1S/C5HF7O2/c6-1-2(7)14-4(13-1,3(8)9)5(10,11)12/h3H. The van der Waals surface area contributed by atoms with Crippen molar-refractivity contribution in [2.45, 2.75) is 18.4 Å². The minimum atomic E-state index is -5.76. The summed E-state index contributed by atoms with van der Waals surface area (Å²) in [6, 6.07) is -4.91. The third kappa shape index (κ3) is 1.36. The van der Waals surface area contributed by atoms with Crippen LogP contribution in [0.1, 0.15) is 0 Å². The summed E-state index contributed by atoms with van der Waals surface area (Å²) in [6.45, 7) is 0. The van der Waals surface area contributed by atoms with Gasteiger partial charge in [-0.1, -0.05) is 0 Å². The highest BCUT2D eigenvalue weighted by molar-refractivity contribution is 5.00. The van der Waals surface area contributed by atoms with Crippen LogP contribution in [0.25, 0.3) is 0 Å². The van der Waals surface area contributed by atoms with E-state index in [0.717, 1.165) is 0 Å². The van der Waals surface area contributed by atoms with Gasteiger partial charge in [-0.25, -0.2) is 8.78 Å². The van der Waals surface area contributed by atoms with Crippen molar-refractivity contribution in [1.29, 1.82) is 0 Å². The van der Waals surface area contributed by atoms with Crippen molar-refractivity contribution in [1.82, 2.24) is 0 Å². The first-order valence-electron chi connectivity index (χ1n) is 2.99. The van der Waals surface area contributed by atoms with E-state index >= 15 is 0 Å². The molecule has 1 aliphatic rings. The molecule has 0 aromatic rings. The molecule has 1 rings (SSSR count). The summed E-state index contributed by atoms with van der Waals surface area (Å²) in [5, 5.41) is 0. The molecule has 9 heteroatoms. The lowest BCUT2D eigenvalue weighted by Gasteiger charge is -2.27. The Bertz CT molecular complexity index is 254. The molecular formula is C5HF7O2. The van der Waals surface area contributed by atoms with Crippen LogP contribution >= 0.6 is 0 Å². The van der Waals surface area contributed by atoms with E-state index in [9.17, 15) is 30.7 Å². The maximum Gasteiger partial charge on any atom is 0.474 e. The molecule has 0 bridgehead atoms. The summed E-state index contributed by atoms with van der Waals surface area (Å²) in [6.07, 6.45) is -10.0. The van der Waals surface area contributed by atoms with Crippen LogP contribution in [0.5, 0.6) is 0 Å². The SMILES string of the molecule is FC1=C(F)OC(C(F)F)(C(F)(F)F)O1. The largest absolute Gasteiger partial charge is 0.474 e. The summed E-state index contributed by atoms with van der Waals surface area (Å²) in [5.41, 5.74) is 0. The van der Waals surface area contributed by atoms with Crippen molar-refractivity contribution >= 4 is 0 Å². The highest BCUT2D eigenvalue weighted by atomic mass is 19.4. The lowest BCUT2D eigenvalue weighted by molar-refractivity contribution is -0.383. The summed E-state index contributed by atoms with van der Waals surface area (Å²) < 4.78 is 89.7. The van der Waals surface area contributed by atoms with Crippen LogP contribution in [0.15, 0.2) is 12.0 Å². The lowest BCUT2D eigenvalue weighted by atomic mass is 10.3. The molecule has 0 amide bonds. The van der Waals surface area contributed by atoms with E-state index in [1.165, 1.54) is 0 Å². The summed E-state index contributed by atoms with van der Waals surface area (Å²) in [7, 11) is 0. The first-order valence-corrected chi connectivity index (χ1v) is 2.99. The van der Waals surface area contributed by atoms with Crippen LogP contribution in [-0.2, 0) is 9.47 Å². The average molecular weight is 226 g/mol. The van der Waals surface area contributed by atoms with Gasteiger partial charge in [0.1, 0.15) is 0 Å². The van der Waals surface area contributed by atoms with Crippen molar-refractivity contribution < 1.29 is 40.2 Å². The zero-order chi connectivity index (χ0) is 11.1. The van der Waals surface area contributed by atoms with Crippen LogP contribution < -0.4 is 0 Å². The van der Waals surface area contributed by atoms with Crippen molar-refractivity contribution in [2.75, 3.05) is 0 Å². The molecule has 0 saturated carbocycles. The number of alkyl halides is 5. The lowest BCUT2D eigenvalue weighted by Crippen LogP contribution is -2.52. The van der Waals surface area contributed by atoms with Gasteiger partial charge in [0.15, 0.2) is 0 Å². The van der Waals surface area contributed by atoms with E-state index in [-0.39, 0.29) is 0 Å². The van der Waals surface area contributed by atoms with Crippen LogP contribution in [0.4, 0.5) is 30.7 Å². The molecule has 2 nitrogen and oxygen atoms in total. The number of hydrogen-bond donors (Lipinski definition) is 0. The van der Waals surface area contributed by atoms with Crippen LogP contribution in [0, 0.1) is 0 Å². The maximum atomic E-state index is 12.0. The normalized spacial score (nSPS) is 21.1. The monoisotopic (exact) mass is 226 g/mol. The Kier molecular flexibility index (Phi) is 2.28. The third-order valence-corrected chi connectivity index (χ3v) is 1.32. The third-order valence-electron chi connectivity index (χ3n) is 1.32. The first kappa shape index (κ1) is 10.9. The van der Waals surface area contributed by atoms with Gasteiger partial charge in [-0.2, -0.15) is 22.0 Å². The molecule has 0 atom stereocenters. The Balaban J connectivity index is 3.03. The number of hydrogen-bond acceptors (Lipinski definition) is 2. The summed E-state index contributed by atoms with van der Waals surface area (Å²) >= 11 is 0. The van der Waals surface area contributed by atoms with E-state index in [1.54, 1.807) is 0 Å². The van der Waals surface area contributed by atoms with Gasteiger partial charge in [0.05, 0.1) is 0 Å². The Hall–Kier alpha value is -1.15. The topological polar surface area (TPSA) is 18.5 Å². The molecule has 1 aliphatic heterocycles. The summed E-state index contributed by atoms with van der Waals surface area (Å²) in [4.78, 5) is 0. The second-order valence-electron chi connectivity index (χ2n) is 2.22. The van der Waals surface area contributed by atoms with E-state index in [2.05, 4.69) is 9.47 Å². The van der Waals surface area contributed by atoms with Gasteiger partial charge in [0.2, 0.25) is 0 Å². The molecule has 0 fully saturated rings. The minimum absolute atomic E-state index is 2.46.